The number of furan rings is 1. The Hall–Kier alpha value is -4.00. The minimum Gasteiger partial charge on any atom is -0.507 e. The normalized spacial score (nSPS) is 19.4. The highest BCUT2D eigenvalue weighted by atomic mass is 16.6. The van der Waals surface area contributed by atoms with Gasteiger partial charge in [0.1, 0.15) is 30.8 Å². The summed E-state index contributed by atoms with van der Waals surface area (Å²) in [6.07, 6.45) is 1.47. The third-order valence-corrected chi connectivity index (χ3v) is 5.91. The molecule has 1 fully saturated rings. The number of nitrogens with zero attached hydrogens (tertiary/aromatic N) is 1. The molecule has 33 heavy (non-hydrogen) atoms. The van der Waals surface area contributed by atoms with Crippen molar-refractivity contribution >= 4 is 23.1 Å². The molecule has 2 aliphatic heterocycles. The Labute approximate surface area is 190 Å². The molecule has 2 aromatic carbocycles. The van der Waals surface area contributed by atoms with Crippen LogP contribution in [0.25, 0.3) is 5.76 Å². The molecule has 1 N–H and O–H groups in total. The zero-order chi connectivity index (χ0) is 23.1. The molecule has 0 aliphatic carbocycles. The second-order valence-electron chi connectivity index (χ2n) is 8.29. The van der Waals surface area contributed by atoms with E-state index in [1.807, 2.05) is 12.1 Å². The maximum atomic E-state index is 13.2. The van der Waals surface area contributed by atoms with E-state index in [9.17, 15) is 14.7 Å². The summed E-state index contributed by atoms with van der Waals surface area (Å²) < 4.78 is 16.7. The van der Waals surface area contributed by atoms with Gasteiger partial charge in [-0.15, -0.1) is 0 Å². The summed E-state index contributed by atoms with van der Waals surface area (Å²) in [5, 5.41) is 11.2. The average molecular weight is 445 g/mol. The maximum Gasteiger partial charge on any atom is 0.300 e. The highest BCUT2D eigenvalue weighted by Gasteiger charge is 2.48. The molecule has 3 heterocycles. The molecule has 5 rings (SSSR count). The lowest BCUT2D eigenvalue weighted by Crippen LogP contribution is -2.29. The molecular weight excluding hydrogens is 422 g/mol. The number of fused-ring (bicyclic) bond motifs is 1. The van der Waals surface area contributed by atoms with Crippen LogP contribution in [0.15, 0.2) is 70.9 Å². The number of aliphatic hydroxyl groups is 1. The van der Waals surface area contributed by atoms with Crippen molar-refractivity contribution in [1.29, 1.82) is 0 Å². The zero-order valence-electron chi connectivity index (χ0n) is 18.3. The fourth-order valence-corrected chi connectivity index (χ4v) is 4.18. The van der Waals surface area contributed by atoms with Gasteiger partial charge in [-0.05, 0) is 53.9 Å². The fraction of sp³-hybridized carbons (Fsp3) is 0.231. The first kappa shape index (κ1) is 20.9. The number of rotatable bonds is 4. The van der Waals surface area contributed by atoms with Crippen LogP contribution in [0.3, 0.4) is 0 Å². The van der Waals surface area contributed by atoms with E-state index in [1.54, 1.807) is 42.5 Å². The molecule has 0 spiro atoms. The zero-order valence-corrected chi connectivity index (χ0v) is 18.3. The first-order valence-electron chi connectivity index (χ1n) is 10.8. The van der Waals surface area contributed by atoms with Gasteiger partial charge in [-0.3, -0.25) is 14.5 Å². The molecular formula is C26H23NO6. The molecule has 1 unspecified atom stereocenters. The van der Waals surface area contributed by atoms with Gasteiger partial charge in [-0.25, -0.2) is 0 Å². The Kier molecular flexibility index (Phi) is 5.17. The molecule has 2 aliphatic rings. The van der Waals surface area contributed by atoms with E-state index in [4.69, 9.17) is 13.9 Å². The SMILES string of the molecule is CC(C)c1ccc(N2C(=O)C(=O)/C(=C(\O)c3ccc4c(c3)OCCO4)C2c2ccco2)cc1. The predicted octanol–water partition coefficient (Wildman–Crippen LogP) is 4.80. The lowest BCUT2D eigenvalue weighted by Gasteiger charge is -2.24. The van der Waals surface area contributed by atoms with Crippen LogP contribution in [-0.2, 0) is 9.59 Å². The smallest absolute Gasteiger partial charge is 0.300 e. The summed E-state index contributed by atoms with van der Waals surface area (Å²) in [5.41, 5.74) is 1.97. The third-order valence-electron chi connectivity index (χ3n) is 5.91. The average Bonchev–Trinajstić information content (AvgIpc) is 3.45. The second-order valence-corrected chi connectivity index (χ2v) is 8.29. The Morgan fingerprint density at radius 2 is 1.73 bits per heavy atom. The molecule has 0 radical (unpaired) electrons. The van der Waals surface area contributed by atoms with E-state index >= 15 is 0 Å². The van der Waals surface area contributed by atoms with Gasteiger partial charge in [0.15, 0.2) is 11.5 Å². The minimum atomic E-state index is -0.905. The van der Waals surface area contributed by atoms with Crippen molar-refractivity contribution in [2.24, 2.45) is 0 Å². The summed E-state index contributed by atoms with van der Waals surface area (Å²) in [5.74, 6) is -0.0752. The van der Waals surface area contributed by atoms with Crippen LogP contribution in [0.1, 0.15) is 42.7 Å². The van der Waals surface area contributed by atoms with Gasteiger partial charge in [-0.1, -0.05) is 26.0 Å². The first-order chi connectivity index (χ1) is 16.0. The lowest BCUT2D eigenvalue weighted by atomic mass is 9.98. The third kappa shape index (κ3) is 3.55. The highest BCUT2D eigenvalue weighted by Crippen LogP contribution is 2.43. The number of hydrogen-bond donors (Lipinski definition) is 1. The molecule has 1 atom stereocenters. The largest absolute Gasteiger partial charge is 0.507 e. The van der Waals surface area contributed by atoms with Gasteiger partial charge in [0.25, 0.3) is 11.7 Å². The molecule has 0 bridgehead atoms. The number of ether oxygens (including phenoxy) is 2. The number of Topliss-reactive ketones (excluding diaryl/α,β-unsaturated/α-hetero) is 1. The van der Waals surface area contributed by atoms with Gasteiger partial charge < -0.3 is 19.0 Å². The minimum absolute atomic E-state index is 0.0421. The Morgan fingerprint density at radius 1 is 1.00 bits per heavy atom. The maximum absolute atomic E-state index is 13.2. The number of benzene rings is 2. The van der Waals surface area contributed by atoms with Crippen LogP contribution in [0.4, 0.5) is 5.69 Å². The molecule has 168 valence electrons. The van der Waals surface area contributed by atoms with Crippen LogP contribution in [0.2, 0.25) is 0 Å². The van der Waals surface area contributed by atoms with Gasteiger partial charge in [0, 0.05) is 11.3 Å². The molecule has 7 heteroatoms. The van der Waals surface area contributed by atoms with Crippen molar-refractivity contribution in [3.63, 3.8) is 0 Å². The summed E-state index contributed by atoms with van der Waals surface area (Å²) in [6.45, 7) is 4.99. The van der Waals surface area contributed by atoms with Gasteiger partial charge in [0.2, 0.25) is 0 Å². The van der Waals surface area contributed by atoms with E-state index in [2.05, 4.69) is 13.8 Å². The predicted molar refractivity (Wildman–Crippen MR) is 121 cm³/mol. The number of carbonyl (C=O) groups is 2. The monoisotopic (exact) mass is 445 g/mol. The first-order valence-corrected chi connectivity index (χ1v) is 10.8. The summed E-state index contributed by atoms with van der Waals surface area (Å²) in [6, 6.07) is 14.8. The number of carbonyl (C=O) groups excluding carboxylic acids is 2. The van der Waals surface area contributed by atoms with Crippen LogP contribution < -0.4 is 14.4 Å². The molecule has 1 aromatic heterocycles. The Bertz CT molecular complexity index is 1240. The lowest BCUT2D eigenvalue weighted by molar-refractivity contribution is -0.132. The van der Waals surface area contributed by atoms with Crippen molar-refractivity contribution in [2.45, 2.75) is 25.8 Å². The highest BCUT2D eigenvalue weighted by molar-refractivity contribution is 6.51. The topological polar surface area (TPSA) is 89.2 Å². The van der Waals surface area contributed by atoms with Crippen molar-refractivity contribution < 1.29 is 28.6 Å². The molecule has 1 amide bonds. The van der Waals surface area contributed by atoms with Crippen LogP contribution >= 0.6 is 0 Å². The molecule has 0 saturated carbocycles. The van der Waals surface area contributed by atoms with Crippen molar-refractivity contribution in [1.82, 2.24) is 0 Å². The van der Waals surface area contributed by atoms with Gasteiger partial charge in [-0.2, -0.15) is 0 Å². The number of amides is 1. The van der Waals surface area contributed by atoms with Gasteiger partial charge >= 0.3 is 0 Å². The second kappa shape index (κ2) is 8.16. The summed E-state index contributed by atoms with van der Waals surface area (Å²) >= 11 is 0. The van der Waals surface area contributed by atoms with Crippen LogP contribution in [-0.4, -0.2) is 30.0 Å². The van der Waals surface area contributed by atoms with Crippen molar-refractivity contribution in [3.8, 4) is 11.5 Å². The number of aliphatic hydroxyl groups excluding tert-OH is 1. The molecule has 7 nitrogen and oxygen atoms in total. The Morgan fingerprint density at radius 3 is 2.39 bits per heavy atom. The fourth-order valence-electron chi connectivity index (χ4n) is 4.18. The van der Waals surface area contributed by atoms with Gasteiger partial charge in [0.05, 0.1) is 11.8 Å². The van der Waals surface area contributed by atoms with Crippen LogP contribution in [0, 0.1) is 0 Å². The molecule has 1 saturated heterocycles. The number of anilines is 1. The quantitative estimate of drug-likeness (QED) is 0.353. The summed E-state index contributed by atoms with van der Waals surface area (Å²) in [7, 11) is 0. The number of hydrogen-bond acceptors (Lipinski definition) is 6. The van der Waals surface area contributed by atoms with Crippen molar-refractivity contribution in [3.05, 3.63) is 83.3 Å². The standard InChI is InChI=1S/C26H23NO6/c1-15(2)16-5-8-18(9-6-16)27-23(20-4-3-11-31-20)22(25(29)26(27)30)24(28)17-7-10-19-21(14-17)33-13-12-32-19/h3-11,14-15,23,28H,12-13H2,1-2H3/b24-22-. The molecule has 3 aromatic rings. The van der Waals surface area contributed by atoms with E-state index in [0.29, 0.717) is 47.6 Å². The summed E-state index contributed by atoms with van der Waals surface area (Å²) in [4.78, 5) is 27.7. The Balaban J connectivity index is 1.63. The van der Waals surface area contributed by atoms with E-state index < -0.39 is 17.7 Å². The van der Waals surface area contributed by atoms with E-state index in [1.165, 1.54) is 11.2 Å². The van der Waals surface area contributed by atoms with E-state index in [-0.39, 0.29) is 11.3 Å². The van der Waals surface area contributed by atoms with E-state index in [0.717, 1.165) is 5.56 Å². The van der Waals surface area contributed by atoms with Crippen LogP contribution in [0.5, 0.6) is 11.5 Å². The number of ketones is 1. The van der Waals surface area contributed by atoms with Crippen molar-refractivity contribution in [2.75, 3.05) is 18.1 Å².